The van der Waals surface area contributed by atoms with Crippen molar-refractivity contribution in [3.63, 3.8) is 0 Å². The highest BCUT2D eigenvalue weighted by Crippen LogP contribution is 2.62. The van der Waals surface area contributed by atoms with Crippen LogP contribution >= 0.6 is 0 Å². The molecule has 15 nitrogen and oxygen atoms in total. The second kappa shape index (κ2) is 18.8. The molecule has 6 atom stereocenters. The van der Waals surface area contributed by atoms with Crippen molar-refractivity contribution in [2.45, 2.75) is 81.1 Å². The van der Waals surface area contributed by atoms with Crippen LogP contribution in [0.2, 0.25) is 0 Å². The first-order valence-corrected chi connectivity index (χ1v) is 21.3. The summed E-state index contributed by atoms with van der Waals surface area (Å²) >= 11 is 0. The Hall–Kier alpha value is -5.13. The van der Waals surface area contributed by atoms with E-state index in [1.165, 1.54) is 60.7 Å². The highest BCUT2D eigenvalue weighted by molar-refractivity contribution is 7.89. The van der Waals surface area contributed by atoms with Crippen molar-refractivity contribution in [1.82, 2.24) is 4.31 Å². The summed E-state index contributed by atoms with van der Waals surface area (Å²) in [6.45, 7) is 5.29. The minimum atomic E-state index is -4.29. The topological polar surface area (TPSA) is 210 Å². The number of phenols is 1. The summed E-state index contributed by atoms with van der Waals surface area (Å²) in [4.78, 5) is 28.4. The number of aliphatic hydroxyl groups excluding tert-OH is 2. The average Bonchev–Trinajstić information content (AvgIpc) is 3.21. The Balaban J connectivity index is 1.54. The fraction of sp³-hybridized carbons (Fsp3) is 0.442. The number of sulfonamides is 1. The number of allylic oxidation sites excluding steroid dienone is 1. The van der Waals surface area contributed by atoms with Crippen LogP contribution in [-0.2, 0) is 31.0 Å². The van der Waals surface area contributed by atoms with E-state index in [2.05, 4.69) is 23.1 Å². The van der Waals surface area contributed by atoms with Gasteiger partial charge in [0.25, 0.3) is 5.69 Å². The monoisotopic (exact) mass is 832 g/mol. The maximum Gasteiger partial charge on any atom is 0.269 e. The molecule has 0 saturated heterocycles. The van der Waals surface area contributed by atoms with E-state index in [1.54, 1.807) is 30.3 Å². The molecule has 16 heteroatoms. The summed E-state index contributed by atoms with van der Waals surface area (Å²) in [6, 6.07) is 15.6. The van der Waals surface area contributed by atoms with Crippen LogP contribution < -0.4 is 10.1 Å². The molecule has 4 N–H and O–H groups in total. The van der Waals surface area contributed by atoms with Crippen molar-refractivity contribution in [2.24, 2.45) is 22.9 Å². The minimum absolute atomic E-state index is 0.00204. The van der Waals surface area contributed by atoms with Gasteiger partial charge in [0, 0.05) is 62.9 Å². The minimum Gasteiger partial charge on any atom is -0.508 e. The van der Waals surface area contributed by atoms with E-state index in [1.807, 2.05) is 0 Å². The lowest BCUT2D eigenvalue weighted by Crippen LogP contribution is -2.69. The zero-order valence-electron chi connectivity index (χ0n) is 33.2. The number of oxime groups is 1. The number of amides is 1. The van der Waals surface area contributed by atoms with E-state index in [-0.39, 0.29) is 66.9 Å². The number of carbonyl (C=O) groups is 1. The number of nitro benzene ring substituents is 1. The van der Waals surface area contributed by atoms with Gasteiger partial charge in [0.05, 0.1) is 34.1 Å². The summed E-state index contributed by atoms with van der Waals surface area (Å²) in [5.74, 6) is -2.73. The second-order valence-corrected chi connectivity index (χ2v) is 17.2. The van der Waals surface area contributed by atoms with Crippen molar-refractivity contribution in [3.05, 3.63) is 112 Å². The SMILES string of the molecule is C=CCOC12Oc3ccc(O)cc3C3C(CCCCO)C(CCCCO)C=C(C(=NOCc4ccc([N+](=O)[O-])cc4)CC1N(C)S(=O)(=O)c1ccc(NC(C)=O)cc1)C32. The Morgan fingerprint density at radius 1 is 1.07 bits per heavy atom. The highest BCUT2D eigenvalue weighted by Gasteiger charge is 2.65. The lowest BCUT2D eigenvalue weighted by molar-refractivity contribution is -0.384. The number of hydrogen-bond donors (Lipinski definition) is 4. The number of aliphatic hydroxyl groups is 2. The van der Waals surface area contributed by atoms with Crippen molar-refractivity contribution >= 4 is 33.0 Å². The van der Waals surface area contributed by atoms with Gasteiger partial charge in [-0.2, -0.15) is 4.31 Å². The number of aromatic hydroxyl groups is 1. The molecule has 0 bridgehead atoms. The molecule has 1 heterocycles. The lowest BCUT2D eigenvalue weighted by atomic mass is 9.55. The first kappa shape index (κ1) is 43.4. The largest absolute Gasteiger partial charge is 0.508 e. The molecule has 3 aromatic rings. The van der Waals surface area contributed by atoms with E-state index < -0.39 is 38.6 Å². The van der Waals surface area contributed by atoms with Crippen molar-refractivity contribution in [2.75, 3.05) is 32.2 Å². The number of phenolic OH excluding ortho intramolecular Hbond substituents is 1. The molecule has 2 aliphatic carbocycles. The van der Waals surface area contributed by atoms with Crippen LogP contribution in [0.25, 0.3) is 0 Å². The van der Waals surface area contributed by atoms with Gasteiger partial charge in [-0.05, 0) is 103 Å². The molecule has 6 rings (SSSR count). The predicted molar refractivity (Wildman–Crippen MR) is 220 cm³/mol. The summed E-state index contributed by atoms with van der Waals surface area (Å²) in [5, 5.41) is 49.1. The first-order chi connectivity index (χ1) is 28.3. The number of carbonyl (C=O) groups excluding carboxylic acids is 1. The number of ether oxygens (including phenoxy) is 2. The van der Waals surface area contributed by atoms with Crippen LogP contribution in [0.3, 0.4) is 0 Å². The zero-order valence-corrected chi connectivity index (χ0v) is 34.1. The van der Waals surface area contributed by atoms with Crippen molar-refractivity contribution < 1.29 is 47.8 Å². The van der Waals surface area contributed by atoms with E-state index in [0.717, 1.165) is 24.0 Å². The molecule has 3 aromatic carbocycles. The Labute approximate surface area is 344 Å². The van der Waals surface area contributed by atoms with Crippen LogP contribution in [-0.4, -0.2) is 83.3 Å². The molecular weight excluding hydrogens is 781 g/mol. The van der Waals surface area contributed by atoms with E-state index in [4.69, 9.17) is 14.3 Å². The van der Waals surface area contributed by atoms with Gasteiger partial charge < -0.3 is 34.9 Å². The van der Waals surface area contributed by atoms with Gasteiger partial charge in [0.1, 0.15) is 18.1 Å². The number of fused-ring (bicyclic) bond motifs is 2. The number of nitro groups is 1. The third kappa shape index (κ3) is 9.21. The highest BCUT2D eigenvalue weighted by atomic mass is 32.2. The Bertz CT molecular complexity index is 2160. The number of non-ortho nitro benzene ring substituents is 1. The van der Waals surface area contributed by atoms with Crippen molar-refractivity contribution in [1.29, 1.82) is 0 Å². The third-order valence-electron chi connectivity index (χ3n) is 11.5. The molecule has 1 amide bonds. The van der Waals surface area contributed by atoms with Gasteiger partial charge >= 0.3 is 0 Å². The van der Waals surface area contributed by atoms with Crippen LogP contribution in [0.5, 0.6) is 11.5 Å². The normalized spacial score (nSPS) is 24.1. The molecule has 0 spiro atoms. The third-order valence-corrected chi connectivity index (χ3v) is 13.4. The Morgan fingerprint density at radius 3 is 2.41 bits per heavy atom. The standard InChI is InChI=1S/C43H52N4O11S/c1-4-23-56-43-40(46(3)59(54,55)34-18-13-31(14-19-34)44-28(2)50)26-38(45-57-27-29-11-15-32(16-12-29)47(52)53)36-24-30(9-5-7-21-48)35(10-6-8-22-49)41(42(36)43)37-25-33(51)17-20-39(37)58-43/h4,11-20,24-25,30,35,40-42,48-49,51H,1,5-10,21-23,26-27H2,2-3H3,(H,44,50). The summed E-state index contributed by atoms with van der Waals surface area (Å²) < 4.78 is 44.5. The predicted octanol–water partition coefficient (Wildman–Crippen LogP) is 6.41. The molecule has 1 saturated carbocycles. The maximum atomic E-state index is 14.7. The maximum absolute atomic E-state index is 14.7. The lowest BCUT2D eigenvalue weighted by Gasteiger charge is -2.59. The van der Waals surface area contributed by atoms with E-state index in [9.17, 15) is 38.6 Å². The van der Waals surface area contributed by atoms with Crippen LogP contribution in [0.4, 0.5) is 11.4 Å². The Morgan fingerprint density at radius 2 is 1.76 bits per heavy atom. The molecule has 1 fully saturated rings. The molecule has 1 aliphatic heterocycles. The second-order valence-electron chi connectivity index (χ2n) is 15.2. The summed E-state index contributed by atoms with van der Waals surface area (Å²) in [7, 11) is -2.82. The fourth-order valence-electron chi connectivity index (χ4n) is 8.86. The molecular formula is C43H52N4O11S. The van der Waals surface area contributed by atoms with E-state index >= 15 is 0 Å². The molecule has 0 radical (unpaired) electrons. The van der Waals surface area contributed by atoms with Crippen LogP contribution in [0.1, 0.15) is 68.9 Å². The fourth-order valence-corrected chi connectivity index (χ4v) is 10.2. The molecule has 316 valence electrons. The van der Waals surface area contributed by atoms with E-state index in [0.29, 0.717) is 48.4 Å². The molecule has 59 heavy (non-hydrogen) atoms. The number of anilines is 1. The summed E-state index contributed by atoms with van der Waals surface area (Å²) in [5.41, 5.74) is 2.92. The molecule has 6 unspecified atom stereocenters. The number of nitrogens with zero attached hydrogens (tertiary/aromatic N) is 3. The Kier molecular flexibility index (Phi) is 13.9. The smallest absolute Gasteiger partial charge is 0.269 e. The van der Waals surface area contributed by atoms with Gasteiger partial charge in [-0.15, -0.1) is 6.58 Å². The number of rotatable bonds is 19. The molecule has 0 aromatic heterocycles. The summed E-state index contributed by atoms with van der Waals surface area (Å²) in [6.07, 6.45) is 7.72. The number of nitrogens with one attached hydrogen (secondary N) is 1. The number of benzene rings is 3. The quantitative estimate of drug-likeness (QED) is 0.0449. The number of likely N-dealkylation sites (N-methyl/N-ethyl adjacent to an activating group) is 1. The zero-order chi connectivity index (χ0) is 42.3. The van der Waals surface area contributed by atoms with Crippen LogP contribution in [0.15, 0.2) is 101 Å². The van der Waals surface area contributed by atoms with Gasteiger partial charge in [-0.25, -0.2) is 8.42 Å². The van der Waals surface area contributed by atoms with Gasteiger partial charge in [0.15, 0.2) is 0 Å². The number of unbranched alkanes of at least 4 members (excludes halogenated alkanes) is 2. The molecule has 3 aliphatic rings. The first-order valence-electron chi connectivity index (χ1n) is 19.8. The van der Waals surface area contributed by atoms with Gasteiger partial charge in [-0.1, -0.05) is 30.1 Å². The van der Waals surface area contributed by atoms with Gasteiger partial charge in [-0.3, -0.25) is 14.9 Å². The van der Waals surface area contributed by atoms with Crippen molar-refractivity contribution in [3.8, 4) is 11.5 Å². The number of hydrogen-bond acceptors (Lipinski definition) is 12. The van der Waals surface area contributed by atoms with Crippen LogP contribution in [0, 0.1) is 27.9 Å². The average molecular weight is 833 g/mol. The van der Waals surface area contributed by atoms with Gasteiger partial charge in [0.2, 0.25) is 21.7 Å².